The van der Waals surface area contributed by atoms with Crippen molar-refractivity contribution in [1.29, 1.82) is 0 Å². The molecule has 0 radical (unpaired) electrons. The van der Waals surface area contributed by atoms with Crippen molar-refractivity contribution in [3.63, 3.8) is 0 Å². The molecular formula is C11H12BF4O-. The molecule has 0 bridgehead atoms. The molecule has 1 aromatic rings. The second kappa shape index (κ2) is 5.25. The molecule has 1 rings (SSSR count). The number of ether oxygens (including phenoxy) is 1. The van der Waals surface area contributed by atoms with Crippen LogP contribution in [0.15, 0.2) is 30.4 Å². The highest BCUT2D eigenvalue weighted by molar-refractivity contribution is 6.74. The molecule has 0 fully saturated rings. The lowest BCUT2D eigenvalue weighted by Crippen LogP contribution is -2.35. The third kappa shape index (κ3) is 3.80. The molecular weight excluding hydrogens is 235 g/mol. The van der Waals surface area contributed by atoms with Gasteiger partial charge in [0.2, 0.25) is 0 Å². The Hall–Kier alpha value is -1.46. The van der Waals surface area contributed by atoms with Crippen LogP contribution in [0.4, 0.5) is 17.3 Å². The first-order valence-corrected chi connectivity index (χ1v) is 5.13. The molecule has 0 aromatic heterocycles. The Morgan fingerprint density at radius 3 is 2.53 bits per heavy atom. The van der Waals surface area contributed by atoms with Gasteiger partial charge in [-0.2, -0.15) is 0 Å². The number of benzene rings is 1. The molecule has 1 nitrogen and oxygen atoms in total. The Morgan fingerprint density at radius 2 is 2.00 bits per heavy atom. The zero-order chi connectivity index (χ0) is 13.1. The topological polar surface area (TPSA) is 9.23 Å². The van der Waals surface area contributed by atoms with Gasteiger partial charge in [-0.3, -0.25) is 0 Å². The summed E-state index contributed by atoms with van der Waals surface area (Å²) in [6.45, 7) is 0.167. The number of hydrogen-bond donors (Lipinski definition) is 0. The van der Waals surface area contributed by atoms with E-state index in [0.29, 0.717) is 18.1 Å². The maximum atomic E-state index is 12.9. The molecule has 0 saturated carbocycles. The van der Waals surface area contributed by atoms with Crippen molar-refractivity contribution in [3.05, 3.63) is 36.2 Å². The van der Waals surface area contributed by atoms with Gasteiger partial charge in [0.05, 0.1) is 5.75 Å². The van der Waals surface area contributed by atoms with Gasteiger partial charge in [-0.25, -0.2) is 4.39 Å². The highest BCUT2D eigenvalue weighted by Gasteiger charge is 2.29. The number of hydrogen-bond acceptors (Lipinski definition) is 1. The van der Waals surface area contributed by atoms with Crippen LogP contribution in [0.5, 0.6) is 5.75 Å². The molecule has 0 N–H and O–H groups in total. The molecule has 0 spiro atoms. The van der Waals surface area contributed by atoms with Crippen molar-refractivity contribution in [3.8, 4) is 5.75 Å². The standard InChI is InChI=1S/C11H12BF4O/c1-3-8(2)7-17-11-6-9(13)4-5-10(11)12(14,15)16/h4-6H,2-3,7H2,1H3/q-1. The number of halogens is 4. The molecule has 0 heterocycles. The van der Waals surface area contributed by atoms with Crippen molar-refractivity contribution in [2.24, 2.45) is 0 Å². The smallest absolute Gasteiger partial charge is 0.492 e. The molecule has 0 amide bonds. The summed E-state index contributed by atoms with van der Waals surface area (Å²) in [5.41, 5.74) is -0.273. The van der Waals surface area contributed by atoms with E-state index in [1.54, 1.807) is 0 Å². The van der Waals surface area contributed by atoms with Crippen molar-refractivity contribution in [2.45, 2.75) is 13.3 Å². The Labute approximate surface area is 97.1 Å². The summed E-state index contributed by atoms with van der Waals surface area (Å²) in [4.78, 5) is 0. The van der Waals surface area contributed by atoms with E-state index < -0.39 is 24.0 Å². The van der Waals surface area contributed by atoms with E-state index in [-0.39, 0.29) is 6.61 Å². The van der Waals surface area contributed by atoms with Crippen LogP contribution >= 0.6 is 0 Å². The summed E-state index contributed by atoms with van der Waals surface area (Å²) in [6.07, 6.45) is 0.599. The van der Waals surface area contributed by atoms with Gasteiger partial charge < -0.3 is 17.7 Å². The fourth-order valence-corrected chi connectivity index (χ4v) is 1.19. The van der Waals surface area contributed by atoms with Gasteiger partial charge in [-0.05, 0) is 18.1 Å². The van der Waals surface area contributed by atoms with E-state index in [2.05, 4.69) is 6.58 Å². The van der Waals surface area contributed by atoms with E-state index in [9.17, 15) is 17.3 Å². The largest absolute Gasteiger partial charge is 0.513 e. The van der Waals surface area contributed by atoms with Crippen molar-refractivity contribution < 1.29 is 22.1 Å². The first-order chi connectivity index (χ1) is 7.84. The van der Waals surface area contributed by atoms with Crippen LogP contribution in [0.2, 0.25) is 0 Å². The third-order valence-corrected chi connectivity index (χ3v) is 2.26. The molecule has 0 aliphatic heterocycles. The van der Waals surface area contributed by atoms with Gasteiger partial charge in [0.15, 0.2) is 0 Å². The minimum atomic E-state index is -5.21. The first kappa shape index (κ1) is 13.6. The first-order valence-electron chi connectivity index (χ1n) is 5.13. The lowest BCUT2D eigenvalue weighted by atomic mass is 9.79. The van der Waals surface area contributed by atoms with Crippen molar-refractivity contribution in [2.75, 3.05) is 6.61 Å². The summed E-state index contributed by atoms with van der Waals surface area (Å²) in [5, 5.41) is 0. The molecule has 0 unspecified atom stereocenters. The van der Waals surface area contributed by atoms with Gasteiger partial charge >= 0.3 is 6.98 Å². The minimum absolute atomic E-state index is 0.0425. The van der Waals surface area contributed by atoms with Gasteiger partial charge in [0.1, 0.15) is 12.4 Å². The van der Waals surface area contributed by atoms with E-state index in [1.807, 2.05) is 6.92 Å². The average Bonchev–Trinajstić information content (AvgIpc) is 2.24. The van der Waals surface area contributed by atoms with E-state index in [1.165, 1.54) is 0 Å². The van der Waals surface area contributed by atoms with Crippen molar-refractivity contribution >= 4 is 12.4 Å². The summed E-state index contributed by atoms with van der Waals surface area (Å²) in [6, 6.07) is 2.21. The van der Waals surface area contributed by atoms with Gasteiger partial charge in [0, 0.05) is 6.07 Å². The predicted molar refractivity (Wildman–Crippen MR) is 60.0 cm³/mol. The Balaban J connectivity index is 2.96. The zero-order valence-electron chi connectivity index (χ0n) is 9.35. The molecule has 0 saturated heterocycles. The second-order valence-corrected chi connectivity index (χ2v) is 3.65. The fraction of sp³-hybridized carbons (Fsp3) is 0.273. The quantitative estimate of drug-likeness (QED) is 0.441. The lowest BCUT2D eigenvalue weighted by Gasteiger charge is -2.20. The highest BCUT2D eigenvalue weighted by atomic mass is 19.4. The highest BCUT2D eigenvalue weighted by Crippen LogP contribution is 2.19. The van der Waals surface area contributed by atoms with Crippen LogP contribution in [0.1, 0.15) is 13.3 Å². The number of rotatable bonds is 5. The third-order valence-electron chi connectivity index (χ3n) is 2.26. The molecule has 0 atom stereocenters. The maximum Gasteiger partial charge on any atom is 0.513 e. The van der Waals surface area contributed by atoms with Crippen LogP contribution in [-0.2, 0) is 0 Å². The molecule has 0 aliphatic rings. The van der Waals surface area contributed by atoms with Gasteiger partial charge in [-0.1, -0.05) is 25.0 Å². The van der Waals surface area contributed by atoms with Crippen LogP contribution in [0, 0.1) is 5.82 Å². The maximum absolute atomic E-state index is 12.9. The summed E-state index contributed by atoms with van der Waals surface area (Å²) >= 11 is 0. The lowest BCUT2D eigenvalue weighted by molar-refractivity contribution is 0.347. The van der Waals surface area contributed by atoms with Crippen LogP contribution in [0.25, 0.3) is 0 Å². The van der Waals surface area contributed by atoms with Crippen LogP contribution in [0.3, 0.4) is 0 Å². The Bertz CT molecular complexity index is 414. The molecule has 17 heavy (non-hydrogen) atoms. The molecule has 0 aliphatic carbocycles. The van der Waals surface area contributed by atoms with Crippen LogP contribution in [-0.4, -0.2) is 13.6 Å². The Morgan fingerprint density at radius 1 is 1.35 bits per heavy atom. The predicted octanol–water partition coefficient (Wildman–Crippen LogP) is 3.23. The fourth-order valence-electron chi connectivity index (χ4n) is 1.19. The van der Waals surface area contributed by atoms with Gasteiger partial charge in [0.25, 0.3) is 0 Å². The van der Waals surface area contributed by atoms with Crippen LogP contribution < -0.4 is 10.2 Å². The molecule has 1 aromatic carbocycles. The zero-order valence-corrected chi connectivity index (χ0v) is 9.35. The normalized spacial score (nSPS) is 11.4. The Kier molecular flexibility index (Phi) is 4.20. The van der Waals surface area contributed by atoms with E-state index in [4.69, 9.17) is 4.74 Å². The van der Waals surface area contributed by atoms with E-state index >= 15 is 0 Å². The SMILES string of the molecule is C=C(CC)COc1cc(F)ccc1[B-](F)(F)F. The van der Waals surface area contributed by atoms with Crippen molar-refractivity contribution in [1.82, 2.24) is 0 Å². The second-order valence-electron chi connectivity index (χ2n) is 3.65. The molecule has 6 heteroatoms. The minimum Gasteiger partial charge on any atom is -0.492 e. The monoisotopic (exact) mass is 247 g/mol. The summed E-state index contributed by atoms with van der Waals surface area (Å²) in [5.74, 6) is -1.24. The summed E-state index contributed by atoms with van der Waals surface area (Å²) in [7, 11) is 0. The van der Waals surface area contributed by atoms with Gasteiger partial charge in [-0.15, -0.1) is 0 Å². The summed E-state index contributed by atoms with van der Waals surface area (Å²) < 4.78 is 55.7. The van der Waals surface area contributed by atoms with E-state index in [0.717, 1.165) is 12.1 Å². The molecule has 94 valence electrons. The average molecular weight is 247 g/mol.